The normalized spacial score (nSPS) is 17.6. The van der Waals surface area contributed by atoms with Gasteiger partial charge in [0, 0.05) is 17.6 Å². The van der Waals surface area contributed by atoms with Crippen LogP contribution in [0.25, 0.3) is 0 Å². The summed E-state index contributed by atoms with van der Waals surface area (Å²) >= 11 is 0. The Balaban J connectivity index is 2.44. The monoisotopic (exact) mass is 174 g/mol. The van der Waals surface area contributed by atoms with Crippen molar-refractivity contribution in [1.29, 1.82) is 0 Å². The SMILES string of the molecule is CO/C=C1\Cc2ccccc2C1=O. The van der Waals surface area contributed by atoms with Gasteiger partial charge in [-0.25, -0.2) is 0 Å². The molecule has 66 valence electrons. The van der Waals surface area contributed by atoms with Crippen molar-refractivity contribution in [3.05, 3.63) is 47.2 Å². The van der Waals surface area contributed by atoms with Crippen LogP contribution in [0.4, 0.5) is 0 Å². The Bertz CT molecular complexity index is 377. The van der Waals surface area contributed by atoms with Crippen LogP contribution in [-0.2, 0) is 11.2 Å². The largest absolute Gasteiger partial charge is 0.504 e. The van der Waals surface area contributed by atoms with Crippen LogP contribution in [0.1, 0.15) is 15.9 Å². The predicted molar refractivity (Wildman–Crippen MR) is 49.6 cm³/mol. The van der Waals surface area contributed by atoms with E-state index in [0.29, 0.717) is 6.42 Å². The standard InChI is InChI=1S/C11H10O2/c1-13-7-9-6-8-4-2-3-5-10(8)11(9)12/h2-5,7H,6H2,1H3/b9-7+. The van der Waals surface area contributed by atoms with E-state index in [9.17, 15) is 4.79 Å². The highest BCUT2D eigenvalue weighted by Gasteiger charge is 2.23. The van der Waals surface area contributed by atoms with Gasteiger partial charge in [-0.1, -0.05) is 24.3 Å². The Morgan fingerprint density at radius 2 is 2.15 bits per heavy atom. The quantitative estimate of drug-likeness (QED) is 0.480. The zero-order valence-electron chi connectivity index (χ0n) is 7.41. The van der Waals surface area contributed by atoms with E-state index in [1.807, 2.05) is 24.3 Å². The number of carbonyl (C=O) groups excluding carboxylic acids is 1. The third-order valence-corrected chi connectivity index (χ3v) is 2.19. The van der Waals surface area contributed by atoms with Crippen LogP contribution >= 0.6 is 0 Å². The molecule has 0 N–H and O–H groups in total. The van der Waals surface area contributed by atoms with Gasteiger partial charge in [0.05, 0.1) is 13.4 Å². The highest BCUT2D eigenvalue weighted by atomic mass is 16.5. The predicted octanol–water partition coefficient (Wildman–Crippen LogP) is 1.96. The fraction of sp³-hybridized carbons (Fsp3) is 0.182. The summed E-state index contributed by atoms with van der Waals surface area (Å²) in [5.74, 6) is 0.0949. The molecule has 0 aromatic heterocycles. The molecule has 0 amide bonds. The number of benzene rings is 1. The van der Waals surface area contributed by atoms with E-state index >= 15 is 0 Å². The number of carbonyl (C=O) groups is 1. The van der Waals surface area contributed by atoms with E-state index in [2.05, 4.69) is 0 Å². The fourth-order valence-corrected chi connectivity index (χ4v) is 1.59. The number of allylic oxidation sites excluding steroid dienone is 1. The van der Waals surface area contributed by atoms with E-state index in [1.54, 1.807) is 7.11 Å². The third-order valence-electron chi connectivity index (χ3n) is 2.19. The van der Waals surface area contributed by atoms with Crippen LogP contribution in [0, 0.1) is 0 Å². The van der Waals surface area contributed by atoms with Crippen LogP contribution < -0.4 is 0 Å². The van der Waals surface area contributed by atoms with E-state index in [0.717, 1.165) is 16.7 Å². The van der Waals surface area contributed by atoms with E-state index in [-0.39, 0.29) is 5.78 Å². The summed E-state index contributed by atoms with van der Waals surface area (Å²) in [6.07, 6.45) is 2.23. The minimum Gasteiger partial charge on any atom is -0.504 e. The van der Waals surface area contributed by atoms with Crippen molar-refractivity contribution in [3.63, 3.8) is 0 Å². The molecule has 0 heterocycles. The van der Waals surface area contributed by atoms with Crippen molar-refractivity contribution >= 4 is 5.78 Å². The minimum absolute atomic E-state index is 0.0949. The molecule has 0 saturated heterocycles. The summed E-state index contributed by atoms with van der Waals surface area (Å²) in [7, 11) is 1.56. The summed E-state index contributed by atoms with van der Waals surface area (Å²) in [5.41, 5.74) is 2.64. The molecule has 0 atom stereocenters. The van der Waals surface area contributed by atoms with Crippen molar-refractivity contribution in [3.8, 4) is 0 Å². The van der Waals surface area contributed by atoms with Crippen molar-refractivity contribution in [2.24, 2.45) is 0 Å². The summed E-state index contributed by atoms with van der Waals surface area (Å²) < 4.78 is 4.84. The number of rotatable bonds is 1. The van der Waals surface area contributed by atoms with Gasteiger partial charge in [-0.2, -0.15) is 0 Å². The Hall–Kier alpha value is -1.57. The molecule has 0 fully saturated rings. The number of hydrogen-bond acceptors (Lipinski definition) is 2. The number of methoxy groups -OCH3 is 1. The molecular weight excluding hydrogens is 164 g/mol. The van der Waals surface area contributed by atoms with Gasteiger partial charge in [-0.3, -0.25) is 4.79 Å². The molecule has 1 aromatic carbocycles. The van der Waals surface area contributed by atoms with Gasteiger partial charge in [0.2, 0.25) is 0 Å². The molecule has 2 rings (SSSR count). The zero-order valence-corrected chi connectivity index (χ0v) is 7.41. The Morgan fingerprint density at radius 1 is 1.38 bits per heavy atom. The maximum atomic E-state index is 11.6. The summed E-state index contributed by atoms with van der Waals surface area (Å²) in [4.78, 5) is 11.6. The summed E-state index contributed by atoms with van der Waals surface area (Å²) in [6.45, 7) is 0. The van der Waals surface area contributed by atoms with Gasteiger partial charge >= 0.3 is 0 Å². The van der Waals surface area contributed by atoms with Crippen LogP contribution in [0.3, 0.4) is 0 Å². The maximum absolute atomic E-state index is 11.6. The van der Waals surface area contributed by atoms with Gasteiger partial charge in [0.15, 0.2) is 5.78 Å². The van der Waals surface area contributed by atoms with Gasteiger partial charge in [0.25, 0.3) is 0 Å². The van der Waals surface area contributed by atoms with Crippen LogP contribution in [0.15, 0.2) is 36.1 Å². The molecular formula is C11H10O2. The van der Waals surface area contributed by atoms with Crippen molar-refractivity contribution < 1.29 is 9.53 Å². The van der Waals surface area contributed by atoms with Gasteiger partial charge in [0.1, 0.15) is 0 Å². The van der Waals surface area contributed by atoms with Crippen molar-refractivity contribution in [2.45, 2.75) is 6.42 Å². The van der Waals surface area contributed by atoms with Gasteiger partial charge in [-0.05, 0) is 5.56 Å². The molecule has 0 spiro atoms. The van der Waals surface area contributed by atoms with E-state index < -0.39 is 0 Å². The van der Waals surface area contributed by atoms with Crippen LogP contribution in [0.2, 0.25) is 0 Å². The highest BCUT2D eigenvalue weighted by molar-refractivity contribution is 6.12. The first-order valence-electron chi connectivity index (χ1n) is 4.17. The molecule has 13 heavy (non-hydrogen) atoms. The zero-order chi connectivity index (χ0) is 9.26. The minimum atomic E-state index is 0.0949. The van der Waals surface area contributed by atoms with Crippen molar-refractivity contribution in [2.75, 3.05) is 7.11 Å². The van der Waals surface area contributed by atoms with Crippen LogP contribution in [0.5, 0.6) is 0 Å². The Labute approximate surface area is 76.8 Å². The lowest BCUT2D eigenvalue weighted by atomic mass is 10.1. The lowest BCUT2D eigenvalue weighted by molar-refractivity contribution is 0.103. The molecule has 1 aliphatic rings. The second kappa shape index (κ2) is 3.05. The number of Topliss-reactive ketones (excluding diaryl/α,β-unsaturated/α-hetero) is 1. The Kier molecular flexibility index (Phi) is 1.89. The van der Waals surface area contributed by atoms with Crippen molar-refractivity contribution in [1.82, 2.24) is 0 Å². The number of ether oxygens (including phenoxy) is 1. The summed E-state index contributed by atoms with van der Waals surface area (Å²) in [6, 6.07) is 7.66. The lowest BCUT2D eigenvalue weighted by Gasteiger charge is -1.92. The molecule has 0 bridgehead atoms. The summed E-state index contributed by atoms with van der Waals surface area (Å²) in [5, 5.41) is 0. The average molecular weight is 174 g/mol. The third kappa shape index (κ3) is 1.24. The molecule has 0 saturated carbocycles. The molecule has 0 aliphatic heterocycles. The first kappa shape index (κ1) is 8.05. The van der Waals surface area contributed by atoms with Gasteiger partial charge in [-0.15, -0.1) is 0 Å². The number of fused-ring (bicyclic) bond motifs is 1. The van der Waals surface area contributed by atoms with Crippen LogP contribution in [-0.4, -0.2) is 12.9 Å². The molecule has 0 unspecified atom stereocenters. The van der Waals surface area contributed by atoms with E-state index in [4.69, 9.17) is 4.74 Å². The first-order chi connectivity index (χ1) is 6.33. The molecule has 1 aliphatic carbocycles. The second-order valence-corrected chi connectivity index (χ2v) is 3.04. The topological polar surface area (TPSA) is 26.3 Å². The highest BCUT2D eigenvalue weighted by Crippen LogP contribution is 2.25. The van der Waals surface area contributed by atoms with Gasteiger partial charge < -0.3 is 4.74 Å². The lowest BCUT2D eigenvalue weighted by Crippen LogP contribution is -1.95. The average Bonchev–Trinajstić information content (AvgIpc) is 2.46. The molecule has 2 nitrogen and oxygen atoms in total. The second-order valence-electron chi connectivity index (χ2n) is 3.04. The fourth-order valence-electron chi connectivity index (χ4n) is 1.59. The molecule has 0 radical (unpaired) electrons. The molecule has 1 aromatic rings. The maximum Gasteiger partial charge on any atom is 0.192 e. The smallest absolute Gasteiger partial charge is 0.192 e. The Morgan fingerprint density at radius 3 is 2.85 bits per heavy atom. The number of hydrogen-bond donors (Lipinski definition) is 0. The first-order valence-corrected chi connectivity index (χ1v) is 4.17. The molecule has 2 heteroatoms. The number of ketones is 1. The van der Waals surface area contributed by atoms with E-state index in [1.165, 1.54) is 6.26 Å².